The molecule has 0 spiro atoms. The molecule has 0 fully saturated rings. The van der Waals surface area contributed by atoms with Crippen LogP contribution in [0.2, 0.25) is 0 Å². The zero-order chi connectivity index (χ0) is 17.8. The van der Waals surface area contributed by atoms with Gasteiger partial charge in [-0.1, -0.05) is 0 Å². The molecule has 0 aliphatic rings. The van der Waals surface area contributed by atoms with Gasteiger partial charge in [0.15, 0.2) is 0 Å². The molecular weight excluding hydrogens is 310 g/mol. The van der Waals surface area contributed by atoms with Gasteiger partial charge in [-0.15, -0.1) is 0 Å². The minimum absolute atomic E-state index is 0.122. The summed E-state index contributed by atoms with van der Waals surface area (Å²) in [7, 11) is 2.56. The first-order valence-electron chi connectivity index (χ1n) is 6.84. The van der Waals surface area contributed by atoms with Gasteiger partial charge in [-0.05, 0) is 13.8 Å². The summed E-state index contributed by atoms with van der Waals surface area (Å²) in [5.41, 5.74) is 0. The number of hydrogen-bond donors (Lipinski definition) is 2. The molecule has 0 unspecified atom stereocenters. The molecule has 0 saturated heterocycles. The van der Waals surface area contributed by atoms with Gasteiger partial charge in [-0.25, -0.2) is 4.79 Å². The van der Waals surface area contributed by atoms with Crippen molar-refractivity contribution in [3.05, 3.63) is 0 Å². The summed E-state index contributed by atoms with van der Waals surface area (Å²) in [5, 5.41) is 4.55. The number of ether oxygens (including phenoxy) is 3. The van der Waals surface area contributed by atoms with Crippen molar-refractivity contribution in [2.24, 2.45) is 0 Å². The zero-order valence-electron chi connectivity index (χ0n) is 13.7. The van der Waals surface area contributed by atoms with Crippen molar-refractivity contribution in [2.45, 2.75) is 20.0 Å². The van der Waals surface area contributed by atoms with E-state index >= 15 is 0 Å². The average molecular weight is 333 g/mol. The van der Waals surface area contributed by atoms with E-state index < -0.39 is 23.9 Å². The van der Waals surface area contributed by atoms with Crippen molar-refractivity contribution in [1.29, 1.82) is 0 Å². The van der Waals surface area contributed by atoms with Gasteiger partial charge in [-0.3, -0.25) is 14.4 Å². The lowest BCUT2D eigenvalue weighted by molar-refractivity contribution is -0.150. The molecule has 0 saturated carbocycles. The molecule has 132 valence electrons. The fraction of sp³-hybridized carbons (Fsp3) is 0.692. The highest BCUT2D eigenvalue weighted by Crippen LogP contribution is 1.92. The number of nitrogens with one attached hydrogen (secondary N) is 2. The molecular formula is C13H23N3O7. The molecule has 0 heterocycles. The van der Waals surface area contributed by atoms with Crippen LogP contribution in [0, 0.1) is 0 Å². The van der Waals surface area contributed by atoms with Crippen LogP contribution in [0.25, 0.3) is 0 Å². The van der Waals surface area contributed by atoms with Gasteiger partial charge in [0.05, 0.1) is 19.8 Å². The second kappa shape index (κ2) is 11.2. The summed E-state index contributed by atoms with van der Waals surface area (Å²) >= 11 is 0. The maximum atomic E-state index is 11.9. The Hall–Kier alpha value is -2.36. The van der Waals surface area contributed by atoms with Gasteiger partial charge in [0, 0.05) is 7.11 Å². The molecule has 0 aliphatic heterocycles. The first-order chi connectivity index (χ1) is 10.8. The quantitative estimate of drug-likeness (QED) is 0.403. The number of rotatable bonds is 9. The van der Waals surface area contributed by atoms with E-state index in [1.165, 1.54) is 14.2 Å². The predicted molar refractivity (Wildman–Crippen MR) is 78.2 cm³/mol. The van der Waals surface area contributed by atoms with Crippen LogP contribution in [0.1, 0.15) is 13.8 Å². The Labute approximate surface area is 134 Å². The molecule has 0 aromatic rings. The van der Waals surface area contributed by atoms with Crippen LogP contribution in [0.4, 0.5) is 4.79 Å². The van der Waals surface area contributed by atoms with Crippen LogP contribution in [-0.2, 0) is 28.6 Å². The lowest BCUT2D eigenvalue weighted by Crippen LogP contribution is -2.45. The Morgan fingerprint density at radius 1 is 1.04 bits per heavy atom. The first kappa shape index (κ1) is 20.6. The van der Waals surface area contributed by atoms with E-state index in [2.05, 4.69) is 15.4 Å². The summed E-state index contributed by atoms with van der Waals surface area (Å²) in [6.45, 7) is 2.25. The Kier molecular flexibility index (Phi) is 10.1. The molecule has 0 atom stereocenters. The highest BCUT2D eigenvalue weighted by molar-refractivity contribution is 5.88. The maximum Gasteiger partial charge on any atom is 0.407 e. The smallest absolute Gasteiger partial charge is 0.407 e. The van der Waals surface area contributed by atoms with E-state index in [1.54, 1.807) is 13.8 Å². The third kappa shape index (κ3) is 10.1. The van der Waals surface area contributed by atoms with Crippen molar-refractivity contribution < 1.29 is 33.4 Å². The number of nitrogens with zero attached hydrogens (tertiary/aromatic N) is 1. The minimum Gasteiger partial charge on any atom is -0.468 e. The lowest BCUT2D eigenvalue weighted by atomic mass is 10.4. The monoisotopic (exact) mass is 333 g/mol. The third-order valence-electron chi connectivity index (χ3n) is 2.36. The number of amides is 3. The Balaban J connectivity index is 4.20. The number of carbonyl (C=O) groups is 4. The van der Waals surface area contributed by atoms with Crippen LogP contribution < -0.4 is 10.6 Å². The second-order valence-corrected chi connectivity index (χ2v) is 4.67. The molecule has 10 nitrogen and oxygen atoms in total. The number of alkyl carbamates (subject to hydrolysis) is 1. The van der Waals surface area contributed by atoms with Gasteiger partial charge >= 0.3 is 12.1 Å². The van der Waals surface area contributed by atoms with Crippen LogP contribution in [0.5, 0.6) is 0 Å². The molecule has 0 bridgehead atoms. The van der Waals surface area contributed by atoms with Crippen molar-refractivity contribution in [3.8, 4) is 0 Å². The van der Waals surface area contributed by atoms with E-state index in [9.17, 15) is 19.2 Å². The van der Waals surface area contributed by atoms with Gasteiger partial charge < -0.3 is 29.7 Å². The number of methoxy groups -OCH3 is 2. The second-order valence-electron chi connectivity index (χ2n) is 4.67. The summed E-state index contributed by atoms with van der Waals surface area (Å²) in [4.78, 5) is 46.9. The zero-order valence-corrected chi connectivity index (χ0v) is 13.7. The van der Waals surface area contributed by atoms with Crippen LogP contribution in [-0.4, -0.2) is 75.5 Å². The fourth-order valence-electron chi connectivity index (χ4n) is 1.34. The van der Waals surface area contributed by atoms with E-state index in [4.69, 9.17) is 9.47 Å². The SMILES string of the molecule is COCN(CC(=O)OC)C(=O)CNC(=O)CNC(=O)OC(C)C. The lowest BCUT2D eigenvalue weighted by Gasteiger charge is -2.20. The number of hydrogen-bond acceptors (Lipinski definition) is 7. The Morgan fingerprint density at radius 3 is 2.22 bits per heavy atom. The molecule has 0 aliphatic carbocycles. The molecule has 0 rings (SSSR count). The Bertz CT molecular complexity index is 426. The van der Waals surface area contributed by atoms with E-state index in [1.807, 2.05) is 0 Å². The highest BCUT2D eigenvalue weighted by Gasteiger charge is 2.18. The largest absolute Gasteiger partial charge is 0.468 e. The molecule has 0 aromatic heterocycles. The average Bonchev–Trinajstić information content (AvgIpc) is 2.49. The number of esters is 1. The normalized spacial score (nSPS) is 9.96. The number of carbonyl (C=O) groups excluding carboxylic acids is 4. The molecule has 23 heavy (non-hydrogen) atoms. The van der Waals surface area contributed by atoms with Gasteiger partial charge in [0.1, 0.15) is 19.8 Å². The Morgan fingerprint density at radius 2 is 1.70 bits per heavy atom. The van der Waals surface area contributed by atoms with Gasteiger partial charge in [0.2, 0.25) is 11.8 Å². The molecule has 2 N–H and O–H groups in total. The van der Waals surface area contributed by atoms with Crippen LogP contribution >= 0.6 is 0 Å². The van der Waals surface area contributed by atoms with E-state index in [0.29, 0.717) is 0 Å². The topological polar surface area (TPSA) is 123 Å². The van der Waals surface area contributed by atoms with E-state index in [-0.39, 0.29) is 32.5 Å². The highest BCUT2D eigenvalue weighted by atomic mass is 16.6. The van der Waals surface area contributed by atoms with Crippen LogP contribution in [0.3, 0.4) is 0 Å². The van der Waals surface area contributed by atoms with Crippen LogP contribution in [0.15, 0.2) is 0 Å². The third-order valence-corrected chi connectivity index (χ3v) is 2.36. The molecule has 0 radical (unpaired) electrons. The fourth-order valence-corrected chi connectivity index (χ4v) is 1.34. The van der Waals surface area contributed by atoms with Crippen molar-refractivity contribution in [2.75, 3.05) is 40.6 Å². The standard InChI is InChI=1S/C13H23N3O7/c1-9(2)23-13(20)15-5-10(17)14-6-11(18)16(8-21-3)7-12(19)22-4/h9H,5-8H2,1-4H3,(H,14,17)(H,15,20). The first-order valence-corrected chi connectivity index (χ1v) is 6.84. The van der Waals surface area contributed by atoms with Gasteiger partial charge in [-0.2, -0.15) is 0 Å². The molecule has 3 amide bonds. The van der Waals surface area contributed by atoms with Crippen molar-refractivity contribution >= 4 is 23.9 Å². The summed E-state index contributed by atoms with van der Waals surface area (Å²) < 4.78 is 14.0. The van der Waals surface area contributed by atoms with Gasteiger partial charge in [0.25, 0.3) is 0 Å². The van der Waals surface area contributed by atoms with Crippen molar-refractivity contribution in [1.82, 2.24) is 15.5 Å². The predicted octanol–water partition coefficient (Wildman–Crippen LogP) is -1.16. The minimum atomic E-state index is -0.729. The maximum absolute atomic E-state index is 11.9. The summed E-state index contributed by atoms with van der Waals surface area (Å²) in [5.74, 6) is -1.72. The summed E-state index contributed by atoms with van der Waals surface area (Å²) in [6, 6.07) is 0. The molecule has 0 aromatic carbocycles. The molecule has 10 heteroatoms. The van der Waals surface area contributed by atoms with Crippen molar-refractivity contribution in [3.63, 3.8) is 0 Å². The van der Waals surface area contributed by atoms with E-state index in [0.717, 1.165) is 4.90 Å². The summed E-state index contributed by atoms with van der Waals surface area (Å²) in [6.07, 6.45) is -1.03.